The number of allylic oxidation sites excluding steroid dienone is 4. The topological polar surface area (TPSA) is 73.7 Å². The molecule has 1 aliphatic carbocycles. The molecule has 1 unspecified atom stereocenters. The van der Waals surface area contributed by atoms with Crippen LogP contribution in [0.4, 0.5) is 0 Å². The predicted molar refractivity (Wildman–Crippen MR) is 40.5 cm³/mol. The number of hydrogen-bond acceptors (Lipinski definition) is 1. The minimum absolute atomic E-state index is 0.294. The zero-order chi connectivity index (χ0) is 8.27. The second kappa shape index (κ2) is 3.53. The SMILES string of the molecule is [N-]=[N+]=C1C=CC=C([AsH](=O)O)C1. The van der Waals surface area contributed by atoms with Crippen molar-refractivity contribution >= 4 is 20.6 Å². The van der Waals surface area contributed by atoms with E-state index in [-0.39, 0.29) is 0 Å². The van der Waals surface area contributed by atoms with E-state index in [4.69, 9.17) is 9.63 Å². The van der Waals surface area contributed by atoms with Crippen LogP contribution in [0, 0.1) is 0 Å². The molecule has 58 valence electrons. The van der Waals surface area contributed by atoms with E-state index in [2.05, 4.69) is 4.79 Å². The molecule has 0 spiro atoms. The summed E-state index contributed by atoms with van der Waals surface area (Å²) in [6.07, 6.45) is 5.10. The maximum atomic E-state index is 10.6. The fourth-order valence-electron chi connectivity index (χ4n) is 0.804. The van der Waals surface area contributed by atoms with Crippen LogP contribution >= 0.6 is 0 Å². The van der Waals surface area contributed by atoms with Crippen LogP contribution in [-0.2, 0) is 3.74 Å². The van der Waals surface area contributed by atoms with Crippen molar-refractivity contribution in [2.45, 2.75) is 6.42 Å². The Bertz CT molecular complexity index is 300. The van der Waals surface area contributed by atoms with Crippen LogP contribution in [0.1, 0.15) is 6.42 Å². The fraction of sp³-hybridized carbons (Fsp3) is 0.167. The second-order valence-electron chi connectivity index (χ2n) is 2.12. The first-order chi connectivity index (χ1) is 5.24. The molecule has 0 aliphatic heterocycles. The summed E-state index contributed by atoms with van der Waals surface area (Å²) in [5, 5.41) is 0. The Labute approximate surface area is 68.3 Å². The molecule has 1 atom stereocenters. The van der Waals surface area contributed by atoms with Crippen molar-refractivity contribution in [1.29, 1.82) is 0 Å². The summed E-state index contributed by atoms with van der Waals surface area (Å²) in [5.74, 6) is 0. The van der Waals surface area contributed by atoms with Crippen molar-refractivity contribution in [3.8, 4) is 0 Å². The summed E-state index contributed by atoms with van der Waals surface area (Å²) in [4.78, 5) is 2.95. The molecule has 0 saturated carbocycles. The van der Waals surface area contributed by atoms with Gasteiger partial charge in [-0.25, -0.2) is 0 Å². The molecule has 0 saturated heterocycles. The second-order valence-corrected chi connectivity index (χ2v) is 4.75. The Hall–Kier alpha value is -0.822. The first-order valence-electron chi connectivity index (χ1n) is 3.05. The van der Waals surface area contributed by atoms with Crippen molar-refractivity contribution in [2.24, 2.45) is 0 Å². The molecule has 5 heteroatoms. The zero-order valence-corrected chi connectivity index (χ0v) is 7.79. The van der Waals surface area contributed by atoms with Gasteiger partial charge < -0.3 is 0 Å². The van der Waals surface area contributed by atoms with Gasteiger partial charge in [0.05, 0.1) is 0 Å². The van der Waals surface area contributed by atoms with Gasteiger partial charge in [0.15, 0.2) is 0 Å². The quantitative estimate of drug-likeness (QED) is 0.370. The normalized spacial score (nSPS) is 19.0. The molecule has 1 rings (SSSR count). The van der Waals surface area contributed by atoms with E-state index < -0.39 is 14.9 Å². The van der Waals surface area contributed by atoms with Crippen LogP contribution in [-0.4, -0.2) is 29.5 Å². The molecule has 4 nitrogen and oxygen atoms in total. The molecule has 0 radical (unpaired) electrons. The Morgan fingerprint density at radius 1 is 1.73 bits per heavy atom. The van der Waals surface area contributed by atoms with E-state index in [0.717, 1.165) is 0 Å². The van der Waals surface area contributed by atoms with E-state index in [0.29, 0.717) is 16.5 Å². The van der Waals surface area contributed by atoms with Crippen LogP contribution in [0.5, 0.6) is 0 Å². The van der Waals surface area contributed by atoms with Crippen LogP contribution < -0.4 is 0 Å². The molecule has 1 N–H and O–H groups in total. The van der Waals surface area contributed by atoms with Crippen LogP contribution in [0.15, 0.2) is 22.6 Å². The van der Waals surface area contributed by atoms with E-state index >= 15 is 0 Å². The summed E-state index contributed by atoms with van der Waals surface area (Å²) in [6.45, 7) is 0. The third-order valence-corrected chi connectivity index (χ3v) is 3.23. The van der Waals surface area contributed by atoms with Gasteiger partial charge in [-0.2, -0.15) is 0 Å². The van der Waals surface area contributed by atoms with E-state index in [1.165, 1.54) is 0 Å². The van der Waals surface area contributed by atoms with Gasteiger partial charge in [0.1, 0.15) is 0 Å². The Kier molecular flexibility index (Phi) is 2.66. The molecule has 11 heavy (non-hydrogen) atoms. The molecule has 0 aromatic carbocycles. The Morgan fingerprint density at radius 3 is 3.00 bits per heavy atom. The van der Waals surface area contributed by atoms with Crippen LogP contribution in [0.3, 0.4) is 0 Å². The maximum absolute atomic E-state index is 10.6. The first kappa shape index (κ1) is 8.28. The van der Waals surface area contributed by atoms with Gasteiger partial charge in [0.25, 0.3) is 0 Å². The number of nitrogens with zero attached hydrogens (tertiary/aromatic N) is 2. The van der Waals surface area contributed by atoms with Gasteiger partial charge in [0.2, 0.25) is 0 Å². The fourth-order valence-corrected chi connectivity index (χ4v) is 2.00. The van der Waals surface area contributed by atoms with Crippen LogP contribution in [0.25, 0.3) is 5.53 Å². The molecular formula is C6H7AsN2O2. The predicted octanol–water partition coefficient (Wildman–Crippen LogP) is -0.274. The van der Waals surface area contributed by atoms with E-state index in [1.807, 2.05) is 0 Å². The third-order valence-electron chi connectivity index (χ3n) is 1.36. The molecular weight excluding hydrogens is 207 g/mol. The van der Waals surface area contributed by atoms with E-state index in [1.54, 1.807) is 18.2 Å². The molecule has 0 amide bonds. The average Bonchev–Trinajstić information content (AvgIpc) is 2.05. The minimum atomic E-state index is -3.18. The zero-order valence-electron chi connectivity index (χ0n) is 5.69. The molecule has 1 aliphatic rings. The van der Waals surface area contributed by atoms with Crippen molar-refractivity contribution in [2.75, 3.05) is 0 Å². The van der Waals surface area contributed by atoms with Gasteiger partial charge >= 0.3 is 67.8 Å². The molecule has 0 aromatic rings. The summed E-state index contributed by atoms with van der Waals surface area (Å²) >= 11 is -3.18. The summed E-state index contributed by atoms with van der Waals surface area (Å²) in [6, 6.07) is 0. The molecule has 0 heterocycles. The van der Waals surface area contributed by atoms with Crippen molar-refractivity contribution < 1.29 is 12.6 Å². The van der Waals surface area contributed by atoms with Crippen molar-refractivity contribution in [3.63, 3.8) is 0 Å². The monoisotopic (exact) mass is 214 g/mol. The van der Waals surface area contributed by atoms with Gasteiger partial charge in [-0.3, -0.25) is 0 Å². The summed E-state index contributed by atoms with van der Waals surface area (Å²) in [5.41, 5.74) is 8.76. The van der Waals surface area contributed by atoms with E-state index in [9.17, 15) is 3.74 Å². The number of rotatable bonds is 1. The summed E-state index contributed by atoms with van der Waals surface area (Å²) < 4.78 is 19.9. The summed E-state index contributed by atoms with van der Waals surface area (Å²) in [7, 11) is 0. The van der Waals surface area contributed by atoms with Crippen molar-refractivity contribution in [3.05, 3.63) is 28.1 Å². The first-order valence-corrected chi connectivity index (χ1v) is 5.90. The van der Waals surface area contributed by atoms with Gasteiger partial charge in [-0.1, -0.05) is 0 Å². The molecule has 0 aromatic heterocycles. The molecule has 0 fully saturated rings. The van der Waals surface area contributed by atoms with Crippen molar-refractivity contribution in [1.82, 2.24) is 0 Å². The molecule has 0 bridgehead atoms. The Morgan fingerprint density at radius 2 is 2.45 bits per heavy atom. The van der Waals surface area contributed by atoms with Gasteiger partial charge in [-0.05, 0) is 0 Å². The standard InChI is InChI=1S/C6H7AsN2O2/c8-9-6-3-1-2-5(4-6)7(10)11/h1-3,7H,4H2,(H,10,11). The van der Waals surface area contributed by atoms with Gasteiger partial charge in [0, 0.05) is 0 Å². The third kappa shape index (κ3) is 2.05. The van der Waals surface area contributed by atoms with Gasteiger partial charge in [-0.15, -0.1) is 0 Å². The Balaban J connectivity index is 2.89. The average molecular weight is 214 g/mol. The van der Waals surface area contributed by atoms with Crippen LogP contribution in [0.2, 0.25) is 0 Å². The number of hydrogen-bond donors (Lipinski definition) is 1.